The Morgan fingerprint density at radius 1 is 0.933 bits per heavy atom. The minimum atomic E-state index is -1.83. The molecule has 0 aliphatic carbocycles. The van der Waals surface area contributed by atoms with Gasteiger partial charge in [-0.25, -0.2) is 4.79 Å². The first-order valence-electron chi connectivity index (χ1n) is 6.07. The summed E-state index contributed by atoms with van der Waals surface area (Å²) in [6.07, 6.45) is 9.75. The van der Waals surface area contributed by atoms with Crippen LogP contribution in [0.15, 0.2) is 0 Å². The van der Waals surface area contributed by atoms with E-state index in [0.29, 0.717) is 0 Å². The Bertz CT molecular complexity index is 117. The van der Waals surface area contributed by atoms with Crippen LogP contribution in [0.4, 0.5) is 4.79 Å². The molecule has 0 atom stereocenters. The Morgan fingerprint density at radius 3 is 1.60 bits per heavy atom. The van der Waals surface area contributed by atoms with Crippen molar-refractivity contribution in [1.82, 2.24) is 0 Å². The summed E-state index contributed by atoms with van der Waals surface area (Å²) in [5.74, 6) is 0. The predicted octanol–water partition coefficient (Wildman–Crippen LogP) is 3.94. The first kappa shape index (κ1) is 17.3. The monoisotopic (exact) mass is 210 g/mol. The molecule has 15 heavy (non-hydrogen) atoms. The molecular weight excluding hydrogens is 187 g/mol. The predicted molar refractivity (Wildman–Crippen MR) is 63.8 cm³/mol. The van der Waals surface area contributed by atoms with Gasteiger partial charge in [0.05, 0.1) is 0 Å². The molecule has 2 N–H and O–H groups in total. The summed E-state index contributed by atoms with van der Waals surface area (Å²) >= 11 is 2.27. The van der Waals surface area contributed by atoms with Gasteiger partial charge in [-0.3, -0.25) is 0 Å². The molecule has 0 fully saturated rings. The molecule has 4 heteroatoms. The average Bonchev–Trinajstić information content (AvgIpc) is 2.16. The van der Waals surface area contributed by atoms with Crippen LogP contribution in [0.3, 0.4) is 0 Å². The third-order valence-electron chi connectivity index (χ3n) is 2.21. The molecule has 0 saturated carbocycles. The Hall–Kier alpha value is -0.133. The molecule has 0 aliphatic heterocycles. The van der Waals surface area contributed by atoms with Crippen molar-refractivity contribution in [2.75, 3.05) is 0 Å². The van der Waals surface area contributed by atoms with Crippen LogP contribution in [0.25, 0.3) is 0 Å². The molecule has 3 nitrogen and oxygen atoms in total. The minimum absolute atomic E-state index is 1.37. The van der Waals surface area contributed by atoms with Crippen molar-refractivity contribution in [2.45, 2.75) is 63.4 Å². The third kappa shape index (κ3) is 31.6. The quantitative estimate of drug-likeness (QED) is 0.471. The van der Waals surface area contributed by atoms with E-state index in [9.17, 15) is 0 Å². The second kappa shape index (κ2) is 16.3. The van der Waals surface area contributed by atoms with Crippen LogP contribution in [0.1, 0.15) is 58.3 Å². The van der Waals surface area contributed by atoms with Gasteiger partial charge in [0.15, 0.2) is 0 Å². The molecule has 0 bridgehead atoms. The SMILES string of the molecule is O=C(O)O.[Li][CH2]CCCCCCCCC. The van der Waals surface area contributed by atoms with Gasteiger partial charge in [-0.1, -0.05) is 0 Å². The normalized spacial score (nSPS) is 9.27. The summed E-state index contributed by atoms with van der Waals surface area (Å²) < 4.78 is 0. The number of carbonyl (C=O) groups is 1. The van der Waals surface area contributed by atoms with Crippen molar-refractivity contribution < 1.29 is 15.0 Å². The molecule has 0 amide bonds. The standard InChI is InChI=1S/C10H21.CH2O3.Li/c1-3-5-7-9-10-8-6-4-2;2-1(3)4;/h1,3-10H2,2H3;(H2,2,3,4);. The van der Waals surface area contributed by atoms with Crippen LogP contribution in [-0.2, 0) is 0 Å². The third-order valence-corrected chi connectivity index (χ3v) is 2.21. The van der Waals surface area contributed by atoms with Gasteiger partial charge >= 0.3 is 87.3 Å². The van der Waals surface area contributed by atoms with E-state index >= 15 is 0 Å². The van der Waals surface area contributed by atoms with E-state index in [0.717, 1.165) is 0 Å². The van der Waals surface area contributed by atoms with Crippen LogP contribution < -0.4 is 0 Å². The summed E-state index contributed by atoms with van der Waals surface area (Å²) in [6, 6.07) is 0. The maximum atomic E-state index is 8.56. The number of unbranched alkanes of at least 4 members (excludes halogenated alkanes) is 7. The van der Waals surface area contributed by atoms with Gasteiger partial charge < -0.3 is 10.2 Å². The zero-order valence-electron chi connectivity index (χ0n) is 10.2. The van der Waals surface area contributed by atoms with Crippen molar-refractivity contribution in [3.05, 3.63) is 0 Å². The van der Waals surface area contributed by atoms with Gasteiger partial charge in [0.2, 0.25) is 0 Å². The van der Waals surface area contributed by atoms with Gasteiger partial charge in [0.25, 0.3) is 0 Å². The molecule has 0 spiro atoms. The van der Waals surface area contributed by atoms with Gasteiger partial charge in [-0.2, -0.15) is 0 Å². The van der Waals surface area contributed by atoms with Crippen LogP contribution in [-0.4, -0.2) is 34.1 Å². The Labute approximate surface area is 102 Å². The molecule has 0 saturated heterocycles. The van der Waals surface area contributed by atoms with Crippen molar-refractivity contribution in [1.29, 1.82) is 0 Å². The number of carboxylic acid groups (broad SMARTS) is 2. The Morgan fingerprint density at radius 2 is 1.27 bits per heavy atom. The first-order chi connectivity index (χ1) is 7.15. The molecule has 86 valence electrons. The number of rotatable bonds is 8. The van der Waals surface area contributed by atoms with Crippen LogP contribution in [0.5, 0.6) is 0 Å². The first-order valence-corrected chi connectivity index (χ1v) is 6.07. The van der Waals surface area contributed by atoms with Crippen molar-refractivity contribution >= 4 is 23.9 Å². The summed E-state index contributed by atoms with van der Waals surface area (Å²) in [7, 11) is 0. The zero-order chi connectivity index (χ0) is 11.9. The Kier molecular flexibility index (Phi) is 18.8. The van der Waals surface area contributed by atoms with Crippen LogP contribution in [0, 0.1) is 0 Å². The zero-order valence-corrected chi connectivity index (χ0v) is 10.2. The van der Waals surface area contributed by atoms with E-state index in [1.165, 1.54) is 56.5 Å². The van der Waals surface area contributed by atoms with E-state index in [2.05, 4.69) is 24.6 Å². The molecule has 0 unspecified atom stereocenters. The van der Waals surface area contributed by atoms with Crippen molar-refractivity contribution in [3.63, 3.8) is 0 Å². The molecule has 0 aliphatic rings. The van der Waals surface area contributed by atoms with E-state index in [-0.39, 0.29) is 0 Å². The van der Waals surface area contributed by atoms with Crippen LogP contribution >= 0.6 is 0 Å². The summed E-state index contributed by atoms with van der Waals surface area (Å²) in [5, 5.41) is 15.3. The number of hydrogen-bond acceptors (Lipinski definition) is 1. The summed E-state index contributed by atoms with van der Waals surface area (Å²) in [5.41, 5.74) is 0. The molecule has 0 radical (unpaired) electrons. The van der Waals surface area contributed by atoms with Gasteiger partial charge in [-0.05, 0) is 0 Å². The van der Waals surface area contributed by atoms with Crippen molar-refractivity contribution in [3.8, 4) is 0 Å². The van der Waals surface area contributed by atoms with E-state index in [4.69, 9.17) is 15.0 Å². The molecule has 0 rings (SSSR count). The van der Waals surface area contributed by atoms with Crippen LogP contribution in [0.2, 0.25) is 5.09 Å². The second-order valence-electron chi connectivity index (χ2n) is 3.76. The molecular formula is C11H23LiO3. The molecule has 0 aromatic carbocycles. The van der Waals surface area contributed by atoms with Gasteiger partial charge in [0.1, 0.15) is 0 Å². The summed E-state index contributed by atoms with van der Waals surface area (Å²) in [6.45, 7) is 2.27. The fourth-order valence-electron chi connectivity index (χ4n) is 1.38. The maximum absolute atomic E-state index is 8.56. The molecule has 0 heterocycles. The summed E-state index contributed by atoms with van der Waals surface area (Å²) in [4.78, 5) is 8.56. The van der Waals surface area contributed by atoms with E-state index in [1.807, 2.05) is 0 Å². The van der Waals surface area contributed by atoms with Gasteiger partial charge in [-0.15, -0.1) is 0 Å². The fraction of sp³-hybridized carbons (Fsp3) is 0.909. The second-order valence-corrected chi connectivity index (χ2v) is 3.76. The van der Waals surface area contributed by atoms with Gasteiger partial charge in [0, 0.05) is 0 Å². The Balaban J connectivity index is 0. The molecule has 0 aromatic rings. The van der Waals surface area contributed by atoms with E-state index in [1.54, 1.807) is 0 Å². The van der Waals surface area contributed by atoms with E-state index < -0.39 is 6.16 Å². The topological polar surface area (TPSA) is 57.5 Å². The fourth-order valence-corrected chi connectivity index (χ4v) is 1.38. The average molecular weight is 210 g/mol. The molecule has 0 aromatic heterocycles. The number of hydrogen-bond donors (Lipinski definition) is 2. The van der Waals surface area contributed by atoms with Crippen molar-refractivity contribution in [2.24, 2.45) is 0 Å².